The zero-order valence-electron chi connectivity index (χ0n) is 10.1. The third kappa shape index (κ3) is 5.36. The Hall–Kier alpha value is -1.55. The predicted octanol–water partition coefficient (Wildman–Crippen LogP) is 0.869. The van der Waals surface area contributed by atoms with Gasteiger partial charge in [-0.1, -0.05) is 18.2 Å². The highest BCUT2D eigenvalue weighted by Crippen LogP contribution is 2.04. The number of quaternary nitrogens is 1. The first-order valence-corrected chi connectivity index (χ1v) is 5.34. The number of para-hydroxylation sites is 1. The second-order valence-electron chi connectivity index (χ2n) is 4.48. The molecule has 0 radical (unpaired) electrons. The van der Waals surface area contributed by atoms with Crippen molar-refractivity contribution in [1.82, 2.24) is 0 Å². The molecule has 16 heavy (non-hydrogen) atoms. The first-order chi connectivity index (χ1) is 7.47. The van der Waals surface area contributed by atoms with Crippen molar-refractivity contribution in [3.63, 3.8) is 0 Å². The molecule has 0 heterocycles. The minimum Gasteiger partial charge on any atom is -0.858 e. The number of rotatable bonds is 5. The number of nitrogens with zero attached hydrogens (tertiary/aromatic N) is 2. The van der Waals surface area contributed by atoms with Gasteiger partial charge in [-0.25, -0.2) is 4.59 Å². The van der Waals surface area contributed by atoms with Crippen molar-refractivity contribution in [2.24, 2.45) is 5.10 Å². The highest BCUT2D eigenvalue weighted by Gasteiger charge is 2.02. The Bertz CT molecular complexity index is 341. The Labute approximate surface area is 96.8 Å². The molecule has 0 aliphatic rings. The zero-order chi connectivity index (χ0) is 12.0. The van der Waals surface area contributed by atoms with Gasteiger partial charge < -0.3 is 10.4 Å². The molecule has 0 spiro atoms. The highest BCUT2D eigenvalue weighted by molar-refractivity contribution is 5.71. The van der Waals surface area contributed by atoms with Crippen LogP contribution in [-0.2, 0) is 0 Å². The number of benzene rings is 1. The van der Waals surface area contributed by atoms with Crippen LogP contribution in [-0.4, -0.2) is 38.2 Å². The molecule has 0 aromatic heterocycles. The average Bonchev–Trinajstić information content (AvgIpc) is 2.16. The first-order valence-electron chi connectivity index (χ1n) is 5.34. The van der Waals surface area contributed by atoms with Crippen LogP contribution < -0.4 is 10.4 Å². The molecule has 0 unspecified atom stereocenters. The Morgan fingerprint density at radius 3 is 2.44 bits per heavy atom. The third-order valence-corrected chi connectivity index (χ3v) is 1.85. The third-order valence-electron chi connectivity index (χ3n) is 1.85. The van der Waals surface area contributed by atoms with Crippen LogP contribution in [0, 0.1) is 0 Å². The number of nitrogens with one attached hydrogen (secondary N) is 1. The van der Waals surface area contributed by atoms with Gasteiger partial charge in [0.25, 0.3) is 0 Å². The fourth-order valence-electron chi connectivity index (χ4n) is 1.25. The van der Waals surface area contributed by atoms with E-state index in [2.05, 4.69) is 10.4 Å². The Kier molecular flexibility index (Phi) is 4.31. The van der Waals surface area contributed by atoms with Gasteiger partial charge >= 0.3 is 0 Å². The van der Waals surface area contributed by atoms with Crippen molar-refractivity contribution < 1.29 is 9.70 Å². The lowest BCUT2D eigenvalue weighted by Gasteiger charge is -2.20. The standard InChI is InChI=1S/C12H19N3O/c1-15(2,3)14-12(16)9-10-13-11-7-5-4-6-8-11/h4-8,13H,9-10H2,1-3H3. The van der Waals surface area contributed by atoms with Gasteiger partial charge in [0.05, 0.1) is 21.1 Å². The second-order valence-corrected chi connectivity index (χ2v) is 4.48. The summed E-state index contributed by atoms with van der Waals surface area (Å²) >= 11 is 0. The van der Waals surface area contributed by atoms with Crippen LogP contribution in [0.2, 0.25) is 0 Å². The van der Waals surface area contributed by atoms with Crippen LogP contribution in [0.25, 0.3) is 0 Å². The number of anilines is 1. The smallest absolute Gasteiger partial charge is 0.0923 e. The summed E-state index contributed by atoms with van der Waals surface area (Å²) in [5.74, 6) is -0.0732. The Balaban J connectivity index is 2.34. The molecule has 0 aliphatic carbocycles. The van der Waals surface area contributed by atoms with Crippen LogP contribution in [0.5, 0.6) is 0 Å². The molecule has 1 rings (SSSR count). The SMILES string of the molecule is C[N+](C)(C)/N=C(/[O-])CCNc1ccccc1. The summed E-state index contributed by atoms with van der Waals surface area (Å²) in [4.78, 5) is 0. The molecule has 0 bridgehead atoms. The van der Waals surface area contributed by atoms with Gasteiger partial charge in [-0.3, -0.25) is 0 Å². The quantitative estimate of drug-likeness (QED) is 0.347. The van der Waals surface area contributed by atoms with E-state index in [0.29, 0.717) is 17.6 Å². The van der Waals surface area contributed by atoms with E-state index in [4.69, 9.17) is 0 Å². The van der Waals surface area contributed by atoms with E-state index in [0.717, 1.165) is 5.69 Å². The minimum atomic E-state index is -0.0732. The summed E-state index contributed by atoms with van der Waals surface area (Å²) in [5, 5.41) is 18.6. The van der Waals surface area contributed by atoms with Gasteiger partial charge in [-0.05, 0) is 18.6 Å². The van der Waals surface area contributed by atoms with Crippen LogP contribution in [0.3, 0.4) is 0 Å². The summed E-state index contributed by atoms with van der Waals surface area (Å²) in [5.41, 5.74) is 1.03. The van der Waals surface area contributed by atoms with Crippen molar-refractivity contribution in [2.45, 2.75) is 6.42 Å². The lowest BCUT2D eigenvalue weighted by molar-refractivity contribution is -0.878. The van der Waals surface area contributed by atoms with E-state index in [-0.39, 0.29) is 5.90 Å². The zero-order valence-corrected chi connectivity index (χ0v) is 10.1. The summed E-state index contributed by atoms with van der Waals surface area (Å²) in [6.45, 7) is 0.617. The van der Waals surface area contributed by atoms with Gasteiger partial charge in [0.15, 0.2) is 0 Å². The van der Waals surface area contributed by atoms with E-state index in [9.17, 15) is 5.11 Å². The van der Waals surface area contributed by atoms with E-state index in [1.165, 1.54) is 0 Å². The molecule has 1 aromatic carbocycles. The maximum atomic E-state index is 11.4. The number of hydrogen-bond donors (Lipinski definition) is 1. The molecule has 1 N–H and O–H groups in total. The van der Waals surface area contributed by atoms with E-state index in [1.807, 2.05) is 51.5 Å². The predicted molar refractivity (Wildman–Crippen MR) is 65.0 cm³/mol. The van der Waals surface area contributed by atoms with Crippen molar-refractivity contribution in [1.29, 1.82) is 0 Å². The summed E-state index contributed by atoms with van der Waals surface area (Å²) in [6, 6.07) is 9.83. The maximum Gasteiger partial charge on any atom is 0.0923 e. The molecule has 0 fully saturated rings. The van der Waals surface area contributed by atoms with E-state index >= 15 is 0 Å². The molecule has 4 nitrogen and oxygen atoms in total. The molecular weight excluding hydrogens is 202 g/mol. The maximum absolute atomic E-state index is 11.4. The molecule has 0 saturated heterocycles. The molecule has 88 valence electrons. The van der Waals surface area contributed by atoms with Crippen molar-refractivity contribution in [3.8, 4) is 0 Å². The molecule has 0 aliphatic heterocycles. The summed E-state index contributed by atoms with van der Waals surface area (Å²) in [6.07, 6.45) is 0.421. The summed E-state index contributed by atoms with van der Waals surface area (Å²) < 4.78 is 0.324. The Morgan fingerprint density at radius 1 is 1.25 bits per heavy atom. The van der Waals surface area contributed by atoms with Crippen molar-refractivity contribution >= 4 is 11.6 Å². The first kappa shape index (κ1) is 12.5. The normalized spacial score (nSPS) is 12.6. The van der Waals surface area contributed by atoms with Gasteiger partial charge in [0, 0.05) is 18.1 Å². The van der Waals surface area contributed by atoms with Gasteiger partial charge in [-0.15, -0.1) is 5.10 Å². The minimum absolute atomic E-state index is 0.0732. The molecule has 1 aromatic rings. The summed E-state index contributed by atoms with van der Waals surface area (Å²) in [7, 11) is 5.59. The van der Waals surface area contributed by atoms with Crippen LogP contribution in [0.15, 0.2) is 35.4 Å². The molecular formula is C12H19N3O. The van der Waals surface area contributed by atoms with Crippen LogP contribution in [0.4, 0.5) is 5.69 Å². The lowest BCUT2D eigenvalue weighted by atomic mass is 10.3. The average molecular weight is 221 g/mol. The molecule has 0 amide bonds. The largest absolute Gasteiger partial charge is 0.858 e. The fourth-order valence-corrected chi connectivity index (χ4v) is 1.25. The molecule has 4 heteroatoms. The molecule has 0 atom stereocenters. The number of hydrogen-bond acceptors (Lipinski definition) is 3. The lowest BCUT2D eigenvalue weighted by Crippen LogP contribution is -2.33. The van der Waals surface area contributed by atoms with Gasteiger partial charge in [0.1, 0.15) is 0 Å². The van der Waals surface area contributed by atoms with E-state index in [1.54, 1.807) is 0 Å². The highest BCUT2D eigenvalue weighted by atomic mass is 16.3. The monoisotopic (exact) mass is 221 g/mol. The van der Waals surface area contributed by atoms with Crippen LogP contribution >= 0.6 is 0 Å². The topological polar surface area (TPSA) is 47.5 Å². The van der Waals surface area contributed by atoms with Gasteiger partial charge in [-0.2, -0.15) is 0 Å². The van der Waals surface area contributed by atoms with Crippen molar-refractivity contribution in [2.75, 3.05) is 33.0 Å². The molecule has 0 saturated carbocycles. The fraction of sp³-hybridized carbons (Fsp3) is 0.417. The van der Waals surface area contributed by atoms with Crippen molar-refractivity contribution in [3.05, 3.63) is 30.3 Å². The second kappa shape index (κ2) is 5.51. The van der Waals surface area contributed by atoms with Gasteiger partial charge in [0.2, 0.25) is 0 Å². The van der Waals surface area contributed by atoms with Crippen LogP contribution in [0.1, 0.15) is 6.42 Å². The Morgan fingerprint density at radius 2 is 1.88 bits per heavy atom. The van der Waals surface area contributed by atoms with E-state index < -0.39 is 0 Å².